The van der Waals surface area contributed by atoms with E-state index in [0.29, 0.717) is 5.56 Å². The third kappa shape index (κ3) is 3.33. The molecule has 1 N–H and O–H groups in total. The molecule has 0 saturated heterocycles. The highest BCUT2D eigenvalue weighted by molar-refractivity contribution is 6.32. The second-order valence-electron chi connectivity index (χ2n) is 4.39. The second-order valence-corrected chi connectivity index (χ2v) is 4.79. The lowest BCUT2D eigenvalue weighted by Crippen LogP contribution is -2.26. The van der Waals surface area contributed by atoms with Gasteiger partial charge in [-0.1, -0.05) is 17.7 Å². The van der Waals surface area contributed by atoms with Crippen LogP contribution in [0.1, 0.15) is 18.4 Å². The molecule has 1 aromatic rings. The number of nitro benzene ring substituents is 1. The van der Waals surface area contributed by atoms with Gasteiger partial charge in [0.25, 0.3) is 11.6 Å². The fourth-order valence-electron chi connectivity index (χ4n) is 1.57. The normalized spacial score (nSPS) is 14.5. The topological polar surface area (TPSA) is 96.0 Å². The molecule has 7 heteroatoms. The molecule has 102 valence electrons. The van der Waals surface area contributed by atoms with E-state index in [-0.39, 0.29) is 22.3 Å². The van der Waals surface area contributed by atoms with E-state index in [9.17, 15) is 14.9 Å². The molecule has 1 aliphatic rings. The molecule has 0 spiro atoms. The molecule has 1 fully saturated rings. The van der Waals surface area contributed by atoms with Crippen molar-refractivity contribution < 1.29 is 9.72 Å². The third-order valence-electron chi connectivity index (χ3n) is 2.76. The maximum absolute atomic E-state index is 11.8. The first-order valence-electron chi connectivity index (χ1n) is 5.88. The Bertz CT molecular complexity index is 645. The zero-order valence-electron chi connectivity index (χ0n) is 10.3. The van der Waals surface area contributed by atoms with E-state index in [0.717, 1.165) is 12.8 Å². The first kappa shape index (κ1) is 14.0. The van der Waals surface area contributed by atoms with Crippen molar-refractivity contribution in [2.24, 2.45) is 0 Å². The highest BCUT2D eigenvalue weighted by Gasteiger charge is 2.24. The molecule has 2 rings (SSSR count). The largest absolute Gasteiger partial charge is 0.349 e. The molecule has 0 aliphatic heterocycles. The highest BCUT2D eigenvalue weighted by atomic mass is 35.5. The molecular weight excluding hydrogens is 282 g/mol. The number of rotatable bonds is 4. The molecular formula is C13H10ClN3O3. The minimum atomic E-state index is -0.615. The molecule has 0 heterocycles. The van der Waals surface area contributed by atoms with E-state index in [1.807, 2.05) is 0 Å². The van der Waals surface area contributed by atoms with Gasteiger partial charge in [0.15, 0.2) is 0 Å². The van der Waals surface area contributed by atoms with Crippen molar-refractivity contribution in [1.82, 2.24) is 5.32 Å². The summed E-state index contributed by atoms with van der Waals surface area (Å²) in [5.74, 6) is -0.465. The summed E-state index contributed by atoms with van der Waals surface area (Å²) in [6.07, 6.45) is 3.13. The van der Waals surface area contributed by atoms with Gasteiger partial charge in [-0.3, -0.25) is 14.9 Å². The predicted octanol–water partition coefficient (Wildman–Crippen LogP) is 2.43. The monoisotopic (exact) mass is 291 g/mol. The van der Waals surface area contributed by atoms with E-state index in [1.54, 1.807) is 6.07 Å². The molecule has 1 aromatic carbocycles. The molecule has 1 saturated carbocycles. The second kappa shape index (κ2) is 5.72. The first-order chi connectivity index (χ1) is 9.51. The van der Waals surface area contributed by atoms with Gasteiger partial charge in [0.05, 0.1) is 4.92 Å². The van der Waals surface area contributed by atoms with E-state index < -0.39 is 10.8 Å². The van der Waals surface area contributed by atoms with Crippen LogP contribution in [-0.4, -0.2) is 16.9 Å². The molecule has 0 bridgehead atoms. The van der Waals surface area contributed by atoms with Crippen LogP contribution in [0, 0.1) is 21.4 Å². The van der Waals surface area contributed by atoms with Crippen LogP contribution in [-0.2, 0) is 4.79 Å². The van der Waals surface area contributed by atoms with Crippen molar-refractivity contribution in [3.63, 3.8) is 0 Å². The quantitative estimate of drug-likeness (QED) is 0.399. The van der Waals surface area contributed by atoms with Gasteiger partial charge in [-0.15, -0.1) is 0 Å². The molecule has 1 amide bonds. The highest BCUT2D eigenvalue weighted by Crippen LogP contribution is 2.26. The van der Waals surface area contributed by atoms with Crippen LogP contribution in [0.5, 0.6) is 0 Å². The molecule has 0 aromatic heterocycles. The molecule has 0 unspecified atom stereocenters. The third-order valence-corrected chi connectivity index (χ3v) is 3.08. The number of hydrogen-bond donors (Lipinski definition) is 1. The number of benzene rings is 1. The van der Waals surface area contributed by atoms with E-state index in [1.165, 1.54) is 24.3 Å². The number of nitro groups is 1. The maximum Gasteiger partial charge on any atom is 0.288 e. The van der Waals surface area contributed by atoms with Gasteiger partial charge in [-0.05, 0) is 30.5 Å². The maximum atomic E-state index is 11.8. The van der Waals surface area contributed by atoms with Gasteiger partial charge in [-0.2, -0.15) is 5.26 Å². The summed E-state index contributed by atoms with van der Waals surface area (Å²) in [5.41, 5.74) is 0.0254. The number of nitriles is 1. The van der Waals surface area contributed by atoms with Crippen LogP contribution in [0.2, 0.25) is 5.02 Å². The van der Waals surface area contributed by atoms with Crippen LogP contribution in [0.25, 0.3) is 6.08 Å². The zero-order chi connectivity index (χ0) is 14.7. The number of hydrogen-bond acceptors (Lipinski definition) is 4. The van der Waals surface area contributed by atoms with Gasteiger partial charge in [0.1, 0.15) is 16.7 Å². The smallest absolute Gasteiger partial charge is 0.288 e. The zero-order valence-corrected chi connectivity index (χ0v) is 11.1. The molecule has 1 aliphatic carbocycles. The SMILES string of the molecule is N#C/C(=C\c1ccc(Cl)c([N+](=O)[O-])c1)C(=O)NC1CC1. The number of amides is 1. The summed E-state index contributed by atoms with van der Waals surface area (Å²) < 4.78 is 0. The minimum absolute atomic E-state index is 0.00749. The van der Waals surface area contributed by atoms with Crippen LogP contribution in [0.15, 0.2) is 23.8 Å². The molecule has 6 nitrogen and oxygen atoms in total. The van der Waals surface area contributed by atoms with Gasteiger partial charge < -0.3 is 5.32 Å². The lowest BCUT2D eigenvalue weighted by atomic mass is 10.1. The van der Waals surface area contributed by atoms with Crippen LogP contribution < -0.4 is 5.32 Å². The Morgan fingerprint density at radius 3 is 2.80 bits per heavy atom. The molecule has 0 radical (unpaired) electrons. The Labute approximate surface area is 119 Å². The molecule has 0 atom stereocenters. The van der Waals surface area contributed by atoms with Crippen LogP contribution >= 0.6 is 11.6 Å². The predicted molar refractivity (Wildman–Crippen MR) is 72.9 cm³/mol. The van der Waals surface area contributed by atoms with E-state index in [2.05, 4.69) is 5.32 Å². The summed E-state index contributed by atoms with van der Waals surface area (Å²) in [5, 5.41) is 22.4. The summed E-state index contributed by atoms with van der Waals surface area (Å²) >= 11 is 5.69. The van der Waals surface area contributed by atoms with Crippen molar-refractivity contribution in [3.05, 3.63) is 44.5 Å². The number of carbonyl (C=O) groups is 1. The fraction of sp³-hybridized carbons (Fsp3) is 0.231. The summed E-state index contributed by atoms with van der Waals surface area (Å²) in [6, 6.07) is 6.03. The number of carbonyl (C=O) groups excluding carboxylic acids is 1. The standard InChI is InChI=1S/C13H10ClN3O3/c14-11-4-1-8(6-12(11)17(19)20)5-9(7-15)13(18)16-10-2-3-10/h1,4-6,10H,2-3H2,(H,16,18)/b9-5+. The van der Waals surface area contributed by atoms with Crippen molar-refractivity contribution in [1.29, 1.82) is 5.26 Å². The Kier molecular flexibility index (Phi) is 4.01. The Balaban J connectivity index is 2.27. The minimum Gasteiger partial charge on any atom is -0.349 e. The van der Waals surface area contributed by atoms with Gasteiger partial charge in [-0.25, -0.2) is 0 Å². The number of halogens is 1. The average molecular weight is 292 g/mol. The summed E-state index contributed by atoms with van der Waals surface area (Å²) in [4.78, 5) is 21.9. The summed E-state index contributed by atoms with van der Waals surface area (Å²) in [6.45, 7) is 0. The van der Waals surface area contributed by atoms with Gasteiger partial charge >= 0.3 is 0 Å². The van der Waals surface area contributed by atoms with Crippen molar-refractivity contribution in [3.8, 4) is 6.07 Å². The van der Waals surface area contributed by atoms with Crippen molar-refractivity contribution in [2.45, 2.75) is 18.9 Å². The first-order valence-corrected chi connectivity index (χ1v) is 6.25. The van der Waals surface area contributed by atoms with Crippen molar-refractivity contribution in [2.75, 3.05) is 0 Å². The average Bonchev–Trinajstić information content (AvgIpc) is 3.21. The van der Waals surface area contributed by atoms with E-state index >= 15 is 0 Å². The van der Waals surface area contributed by atoms with Crippen LogP contribution in [0.3, 0.4) is 0 Å². The summed E-state index contributed by atoms with van der Waals surface area (Å²) in [7, 11) is 0. The van der Waals surface area contributed by atoms with Crippen LogP contribution in [0.4, 0.5) is 5.69 Å². The van der Waals surface area contributed by atoms with Crippen molar-refractivity contribution >= 4 is 29.3 Å². The van der Waals surface area contributed by atoms with Gasteiger partial charge in [0, 0.05) is 12.1 Å². The Morgan fingerprint density at radius 1 is 1.55 bits per heavy atom. The number of nitrogens with one attached hydrogen (secondary N) is 1. The number of nitrogens with zero attached hydrogens (tertiary/aromatic N) is 2. The fourth-order valence-corrected chi connectivity index (χ4v) is 1.75. The lowest BCUT2D eigenvalue weighted by Gasteiger charge is -2.02. The van der Waals surface area contributed by atoms with E-state index in [4.69, 9.17) is 16.9 Å². The molecule has 20 heavy (non-hydrogen) atoms. The lowest BCUT2D eigenvalue weighted by molar-refractivity contribution is -0.384. The Morgan fingerprint density at radius 2 is 2.25 bits per heavy atom. The van der Waals surface area contributed by atoms with Gasteiger partial charge in [0.2, 0.25) is 0 Å². The Hall–Kier alpha value is -2.39.